The molecule has 108 valence electrons. The highest BCUT2D eigenvalue weighted by molar-refractivity contribution is 5.33. The number of hydrogen-bond acceptors (Lipinski definition) is 5. The molecule has 1 aromatic heterocycles. The summed E-state index contributed by atoms with van der Waals surface area (Å²) in [7, 11) is 1.79. The van der Waals surface area contributed by atoms with E-state index >= 15 is 0 Å². The Kier molecular flexibility index (Phi) is 4.68. The number of rotatable bonds is 6. The van der Waals surface area contributed by atoms with Crippen LogP contribution < -0.4 is 10.1 Å². The van der Waals surface area contributed by atoms with Crippen molar-refractivity contribution >= 4 is 0 Å². The molecule has 0 fully saturated rings. The van der Waals surface area contributed by atoms with Crippen molar-refractivity contribution in [1.82, 2.24) is 15.5 Å². The summed E-state index contributed by atoms with van der Waals surface area (Å²) in [6.07, 6.45) is 0. The molecule has 6 heteroatoms. The zero-order chi connectivity index (χ0) is 14.5. The van der Waals surface area contributed by atoms with Crippen molar-refractivity contribution in [2.75, 3.05) is 7.05 Å². The Morgan fingerprint density at radius 3 is 2.85 bits per heavy atom. The molecule has 0 aliphatic rings. The standard InChI is InChI=1S/C14H18FN3O2/c1-9(2)14-17-13(18-20-14)8-19-12-5-4-11(15)6-10(12)7-16-3/h4-6,9,16H,7-8H2,1-3H3. The van der Waals surface area contributed by atoms with Crippen LogP contribution in [0, 0.1) is 5.82 Å². The maximum Gasteiger partial charge on any atom is 0.229 e. The molecule has 20 heavy (non-hydrogen) atoms. The lowest BCUT2D eigenvalue weighted by molar-refractivity contribution is 0.281. The maximum absolute atomic E-state index is 13.2. The van der Waals surface area contributed by atoms with Gasteiger partial charge in [0.15, 0.2) is 6.61 Å². The summed E-state index contributed by atoms with van der Waals surface area (Å²) in [5.74, 6) is 1.56. The van der Waals surface area contributed by atoms with Crippen LogP contribution in [0.4, 0.5) is 4.39 Å². The number of nitrogens with zero attached hydrogens (tertiary/aromatic N) is 2. The van der Waals surface area contributed by atoms with Gasteiger partial charge < -0.3 is 14.6 Å². The Labute approximate surface area is 117 Å². The molecule has 0 atom stereocenters. The number of aromatic nitrogens is 2. The van der Waals surface area contributed by atoms with Gasteiger partial charge in [0.1, 0.15) is 11.6 Å². The highest BCUT2D eigenvalue weighted by Gasteiger charge is 2.11. The number of halogens is 1. The van der Waals surface area contributed by atoms with Crippen molar-refractivity contribution in [2.24, 2.45) is 0 Å². The van der Waals surface area contributed by atoms with E-state index in [-0.39, 0.29) is 18.3 Å². The second-order valence-electron chi connectivity index (χ2n) is 4.77. The van der Waals surface area contributed by atoms with E-state index in [1.165, 1.54) is 12.1 Å². The molecule has 5 nitrogen and oxygen atoms in total. The highest BCUT2D eigenvalue weighted by atomic mass is 19.1. The van der Waals surface area contributed by atoms with E-state index in [9.17, 15) is 4.39 Å². The minimum absolute atomic E-state index is 0.182. The van der Waals surface area contributed by atoms with Gasteiger partial charge in [-0.15, -0.1) is 0 Å². The number of hydrogen-bond donors (Lipinski definition) is 1. The van der Waals surface area contributed by atoms with Crippen LogP contribution in [0.2, 0.25) is 0 Å². The van der Waals surface area contributed by atoms with Crippen molar-refractivity contribution in [3.8, 4) is 5.75 Å². The summed E-state index contributed by atoms with van der Waals surface area (Å²) in [6.45, 7) is 4.67. The van der Waals surface area contributed by atoms with Gasteiger partial charge in [-0.1, -0.05) is 19.0 Å². The SMILES string of the molecule is CNCc1cc(F)ccc1OCc1noc(C(C)C)n1. The van der Waals surface area contributed by atoms with Gasteiger partial charge in [-0.2, -0.15) is 4.98 Å². The molecule has 0 amide bonds. The highest BCUT2D eigenvalue weighted by Crippen LogP contribution is 2.21. The zero-order valence-corrected chi connectivity index (χ0v) is 11.8. The van der Waals surface area contributed by atoms with Crippen molar-refractivity contribution in [2.45, 2.75) is 32.9 Å². The first-order valence-electron chi connectivity index (χ1n) is 6.48. The third-order valence-electron chi connectivity index (χ3n) is 2.72. The van der Waals surface area contributed by atoms with Crippen LogP contribution in [0.15, 0.2) is 22.7 Å². The topological polar surface area (TPSA) is 60.2 Å². The van der Waals surface area contributed by atoms with E-state index in [1.54, 1.807) is 13.1 Å². The van der Waals surface area contributed by atoms with Crippen LogP contribution in [-0.2, 0) is 13.2 Å². The minimum Gasteiger partial charge on any atom is -0.485 e. The van der Waals surface area contributed by atoms with Crippen LogP contribution in [0.5, 0.6) is 5.75 Å². The Balaban J connectivity index is 2.06. The molecule has 0 saturated heterocycles. The molecule has 1 aromatic carbocycles. The first-order chi connectivity index (χ1) is 9.60. The smallest absolute Gasteiger partial charge is 0.229 e. The molecule has 1 heterocycles. The van der Waals surface area contributed by atoms with Crippen molar-refractivity contribution in [3.63, 3.8) is 0 Å². The Morgan fingerprint density at radius 1 is 1.40 bits per heavy atom. The van der Waals surface area contributed by atoms with Crippen LogP contribution >= 0.6 is 0 Å². The van der Waals surface area contributed by atoms with E-state index in [0.717, 1.165) is 5.56 Å². The molecular weight excluding hydrogens is 261 g/mol. The molecule has 0 saturated carbocycles. The fraction of sp³-hybridized carbons (Fsp3) is 0.429. The third kappa shape index (κ3) is 3.54. The normalized spacial score (nSPS) is 11.1. The van der Waals surface area contributed by atoms with Gasteiger partial charge in [0.2, 0.25) is 11.7 Å². The second kappa shape index (κ2) is 6.47. The molecule has 0 radical (unpaired) electrons. The predicted octanol–water partition coefficient (Wildman–Crippen LogP) is 2.63. The van der Waals surface area contributed by atoms with E-state index in [4.69, 9.17) is 9.26 Å². The van der Waals surface area contributed by atoms with E-state index in [1.807, 2.05) is 13.8 Å². The summed E-state index contributed by atoms with van der Waals surface area (Å²) >= 11 is 0. The maximum atomic E-state index is 13.2. The van der Waals surface area contributed by atoms with Gasteiger partial charge in [-0.25, -0.2) is 4.39 Å². The first kappa shape index (κ1) is 14.5. The van der Waals surface area contributed by atoms with Crippen molar-refractivity contribution in [3.05, 3.63) is 41.3 Å². The van der Waals surface area contributed by atoms with Crippen LogP contribution in [0.1, 0.15) is 37.0 Å². The molecule has 0 bridgehead atoms. The van der Waals surface area contributed by atoms with Gasteiger partial charge in [0.25, 0.3) is 0 Å². The summed E-state index contributed by atoms with van der Waals surface area (Å²) in [5.41, 5.74) is 0.750. The molecule has 0 unspecified atom stereocenters. The monoisotopic (exact) mass is 279 g/mol. The van der Waals surface area contributed by atoms with Crippen LogP contribution in [0.3, 0.4) is 0 Å². The predicted molar refractivity (Wildman–Crippen MR) is 71.9 cm³/mol. The Morgan fingerprint density at radius 2 is 2.20 bits per heavy atom. The fourth-order valence-corrected chi connectivity index (χ4v) is 1.72. The van der Waals surface area contributed by atoms with Crippen LogP contribution in [-0.4, -0.2) is 17.2 Å². The van der Waals surface area contributed by atoms with Gasteiger partial charge >= 0.3 is 0 Å². The average Bonchev–Trinajstić information content (AvgIpc) is 2.87. The van der Waals surface area contributed by atoms with Gasteiger partial charge in [0.05, 0.1) is 0 Å². The van der Waals surface area contributed by atoms with Crippen molar-refractivity contribution in [1.29, 1.82) is 0 Å². The van der Waals surface area contributed by atoms with Crippen LogP contribution in [0.25, 0.3) is 0 Å². The van der Waals surface area contributed by atoms with Gasteiger partial charge in [-0.3, -0.25) is 0 Å². The third-order valence-corrected chi connectivity index (χ3v) is 2.72. The molecule has 2 rings (SSSR count). The summed E-state index contributed by atoms with van der Waals surface area (Å²) in [6, 6.07) is 4.41. The quantitative estimate of drug-likeness (QED) is 0.880. The number of benzene rings is 1. The molecule has 0 aliphatic heterocycles. The lowest BCUT2D eigenvalue weighted by atomic mass is 10.2. The summed E-state index contributed by atoms with van der Waals surface area (Å²) in [5, 5.41) is 6.82. The lowest BCUT2D eigenvalue weighted by Crippen LogP contribution is -2.08. The number of nitrogens with one attached hydrogen (secondary N) is 1. The Bertz CT molecular complexity index is 569. The summed E-state index contributed by atoms with van der Waals surface area (Å²) in [4.78, 5) is 4.23. The molecule has 2 aromatic rings. The molecule has 0 aliphatic carbocycles. The fourth-order valence-electron chi connectivity index (χ4n) is 1.72. The van der Waals surface area contributed by atoms with Gasteiger partial charge in [-0.05, 0) is 25.2 Å². The Hall–Kier alpha value is -1.95. The van der Waals surface area contributed by atoms with E-state index in [0.29, 0.717) is 24.0 Å². The molecule has 1 N–H and O–H groups in total. The average molecular weight is 279 g/mol. The van der Waals surface area contributed by atoms with Crippen molar-refractivity contribution < 1.29 is 13.7 Å². The zero-order valence-electron chi connectivity index (χ0n) is 11.8. The molecule has 0 spiro atoms. The lowest BCUT2D eigenvalue weighted by Gasteiger charge is -2.09. The largest absolute Gasteiger partial charge is 0.485 e. The van der Waals surface area contributed by atoms with Gasteiger partial charge in [0, 0.05) is 18.0 Å². The molecular formula is C14H18FN3O2. The number of ether oxygens (including phenoxy) is 1. The van der Waals surface area contributed by atoms with E-state index in [2.05, 4.69) is 15.5 Å². The first-order valence-corrected chi connectivity index (χ1v) is 6.48. The van der Waals surface area contributed by atoms with E-state index < -0.39 is 0 Å². The second-order valence-corrected chi connectivity index (χ2v) is 4.77. The minimum atomic E-state index is -0.288. The summed E-state index contributed by atoms with van der Waals surface area (Å²) < 4.78 is 23.9.